The van der Waals surface area contributed by atoms with Crippen molar-refractivity contribution < 1.29 is 47.8 Å². The zero-order valence-corrected chi connectivity index (χ0v) is 34.5. The van der Waals surface area contributed by atoms with E-state index in [1.807, 2.05) is 6.08 Å². The maximum atomic E-state index is 12.6. The van der Waals surface area contributed by atoms with Crippen molar-refractivity contribution >= 4 is 19.8 Å². The van der Waals surface area contributed by atoms with Gasteiger partial charge in [-0.2, -0.15) is 0 Å². The molecule has 0 saturated carbocycles. The summed E-state index contributed by atoms with van der Waals surface area (Å²) in [6.45, 7) is 3.89. The molecule has 53 heavy (non-hydrogen) atoms. The molecule has 1 unspecified atom stereocenters. The lowest BCUT2D eigenvalue weighted by Gasteiger charge is -2.20. The summed E-state index contributed by atoms with van der Waals surface area (Å²) in [6.07, 6.45) is 36.1. The number of hydrogen-bond donors (Lipinski definition) is 3. The number of hydrogen-bond acceptors (Lipinski definition) is 9. The van der Waals surface area contributed by atoms with Gasteiger partial charge in [-0.3, -0.25) is 18.6 Å². The van der Waals surface area contributed by atoms with Crippen molar-refractivity contribution in [2.45, 2.75) is 205 Å². The van der Waals surface area contributed by atoms with E-state index in [0.717, 1.165) is 51.4 Å². The number of unbranched alkanes of at least 4 members (excludes halogenated alkanes) is 24. The van der Waals surface area contributed by atoms with E-state index in [2.05, 4.69) is 30.2 Å². The van der Waals surface area contributed by atoms with E-state index < -0.39 is 51.8 Å². The van der Waals surface area contributed by atoms with Crippen molar-refractivity contribution in [3.05, 3.63) is 24.8 Å². The van der Waals surface area contributed by atoms with Crippen molar-refractivity contribution in [1.29, 1.82) is 0 Å². The van der Waals surface area contributed by atoms with Crippen LogP contribution < -0.4 is 0 Å². The number of rotatable bonds is 41. The minimum atomic E-state index is -4.62. The Bertz CT molecular complexity index is 928. The fraction of sp³-hybridized carbons (Fsp3) is 0.857. The Hall–Kier alpha value is -1.55. The van der Waals surface area contributed by atoms with Crippen LogP contribution in [0.2, 0.25) is 0 Å². The fourth-order valence-electron chi connectivity index (χ4n) is 5.91. The minimum Gasteiger partial charge on any atom is -0.462 e. The van der Waals surface area contributed by atoms with Gasteiger partial charge in [-0.1, -0.05) is 147 Å². The molecule has 0 radical (unpaired) electrons. The molecule has 0 saturated heterocycles. The largest absolute Gasteiger partial charge is 0.472 e. The zero-order chi connectivity index (χ0) is 39.1. The van der Waals surface area contributed by atoms with E-state index in [0.29, 0.717) is 12.8 Å². The second-order valence-electron chi connectivity index (χ2n) is 14.4. The highest BCUT2D eigenvalue weighted by atomic mass is 31.2. The monoisotopic (exact) mass is 775 g/mol. The minimum absolute atomic E-state index is 0.181. The molecule has 3 N–H and O–H groups in total. The number of aliphatic hydroxyl groups excluding tert-OH is 2. The average Bonchev–Trinajstić information content (AvgIpc) is 3.14. The molecule has 312 valence electrons. The maximum absolute atomic E-state index is 12.6. The first-order chi connectivity index (χ1) is 25.7. The highest BCUT2D eigenvalue weighted by Crippen LogP contribution is 2.43. The van der Waals surface area contributed by atoms with E-state index >= 15 is 0 Å². The van der Waals surface area contributed by atoms with Crippen LogP contribution >= 0.6 is 7.82 Å². The third-order valence-corrected chi connectivity index (χ3v) is 10.2. The summed E-state index contributed by atoms with van der Waals surface area (Å²) in [7, 11) is -4.62. The second kappa shape index (κ2) is 38.7. The van der Waals surface area contributed by atoms with Crippen LogP contribution in [-0.2, 0) is 32.7 Å². The first-order valence-electron chi connectivity index (χ1n) is 21.3. The summed E-state index contributed by atoms with van der Waals surface area (Å²) in [5.74, 6) is -0.941. The number of carbonyl (C=O) groups is 2. The van der Waals surface area contributed by atoms with Crippen LogP contribution in [0.1, 0.15) is 193 Å². The Kier molecular flexibility index (Phi) is 37.6. The van der Waals surface area contributed by atoms with Gasteiger partial charge in [-0.25, -0.2) is 4.57 Å². The molecule has 3 atom stereocenters. The topological polar surface area (TPSA) is 149 Å². The van der Waals surface area contributed by atoms with Gasteiger partial charge in [0.1, 0.15) is 12.7 Å². The van der Waals surface area contributed by atoms with E-state index in [1.54, 1.807) is 0 Å². The predicted molar refractivity (Wildman–Crippen MR) is 215 cm³/mol. The van der Waals surface area contributed by atoms with Crippen LogP contribution in [0.4, 0.5) is 0 Å². The van der Waals surface area contributed by atoms with E-state index in [1.165, 1.54) is 109 Å². The SMILES string of the molecule is C=CCCCCCCCCCCCCCCCC(=O)O[C@H](COC(=O)CCCCC/C=C/CCCCCCCCCC)COP(=O)(O)OC[C@@H](O)CO. The van der Waals surface area contributed by atoms with Gasteiger partial charge in [0.05, 0.1) is 19.8 Å². The molecule has 0 heterocycles. The number of allylic oxidation sites excluding steroid dienone is 3. The summed E-state index contributed by atoms with van der Waals surface area (Å²) in [5, 5.41) is 18.3. The smallest absolute Gasteiger partial charge is 0.462 e. The number of phosphoric acid groups is 1. The normalized spacial score (nSPS) is 13.9. The number of phosphoric ester groups is 1. The highest BCUT2D eigenvalue weighted by molar-refractivity contribution is 7.47. The van der Waals surface area contributed by atoms with Gasteiger partial charge in [0, 0.05) is 12.8 Å². The third kappa shape index (κ3) is 38.5. The standard InChI is InChI=1S/C42H79O10P/c1-3-5-7-9-11-13-15-17-19-21-23-25-27-29-31-33-41(45)49-37-40(38-51-53(47,48)50-36-39(44)35-43)52-42(46)34-32-30-28-26-24-22-20-18-16-14-12-10-8-6-4-2/h4,21,23,39-40,43-44H,2-3,5-20,22,24-38H2,1H3,(H,47,48)/b23-21+/t39-,40+/m0/s1. The summed E-state index contributed by atoms with van der Waals surface area (Å²) in [4.78, 5) is 34.9. The van der Waals surface area contributed by atoms with Gasteiger partial charge < -0.3 is 24.6 Å². The summed E-state index contributed by atoms with van der Waals surface area (Å²) in [5.41, 5.74) is 0. The maximum Gasteiger partial charge on any atom is 0.472 e. The lowest BCUT2D eigenvalue weighted by Crippen LogP contribution is -2.29. The number of ether oxygens (including phenoxy) is 2. The molecular formula is C42H79O10P. The molecule has 0 aromatic rings. The van der Waals surface area contributed by atoms with Crippen molar-refractivity contribution in [2.24, 2.45) is 0 Å². The number of carbonyl (C=O) groups excluding carboxylic acids is 2. The molecule has 0 aromatic carbocycles. The molecule has 11 heteroatoms. The predicted octanol–water partition coefficient (Wildman–Crippen LogP) is 11.0. The summed E-state index contributed by atoms with van der Waals surface area (Å²) in [6, 6.07) is 0. The Labute approximate surface area is 323 Å². The molecule has 0 aliphatic heterocycles. The van der Waals surface area contributed by atoms with E-state index in [9.17, 15) is 24.2 Å². The van der Waals surface area contributed by atoms with Crippen molar-refractivity contribution in [2.75, 3.05) is 26.4 Å². The molecule has 0 aliphatic rings. The molecule has 0 fully saturated rings. The van der Waals surface area contributed by atoms with Crippen LogP contribution in [0, 0.1) is 0 Å². The average molecular weight is 775 g/mol. The number of aliphatic hydroxyl groups is 2. The Morgan fingerprint density at radius 3 is 1.51 bits per heavy atom. The summed E-state index contributed by atoms with van der Waals surface area (Å²) < 4.78 is 32.7. The van der Waals surface area contributed by atoms with Gasteiger partial charge in [-0.15, -0.1) is 6.58 Å². The first kappa shape index (κ1) is 51.5. The molecular weight excluding hydrogens is 695 g/mol. The van der Waals surface area contributed by atoms with Gasteiger partial charge in [0.2, 0.25) is 0 Å². The first-order valence-corrected chi connectivity index (χ1v) is 22.7. The van der Waals surface area contributed by atoms with Crippen LogP contribution in [0.3, 0.4) is 0 Å². The molecule has 10 nitrogen and oxygen atoms in total. The van der Waals surface area contributed by atoms with Gasteiger partial charge >= 0.3 is 19.8 Å². The van der Waals surface area contributed by atoms with Crippen LogP contribution in [0.5, 0.6) is 0 Å². The van der Waals surface area contributed by atoms with E-state index in [4.69, 9.17) is 19.1 Å². The highest BCUT2D eigenvalue weighted by Gasteiger charge is 2.27. The van der Waals surface area contributed by atoms with Crippen molar-refractivity contribution in [3.8, 4) is 0 Å². The number of esters is 2. The van der Waals surface area contributed by atoms with Gasteiger partial charge in [0.25, 0.3) is 0 Å². The summed E-state index contributed by atoms with van der Waals surface area (Å²) >= 11 is 0. The second-order valence-corrected chi connectivity index (χ2v) is 15.9. The van der Waals surface area contributed by atoms with Crippen LogP contribution in [-0.4, -0.2) is 65.7 Å². The van der Waals surface area contributed by atoms with Crippen LogP contribution in [0.15, 0.2) is 24.8 Å². The zero-order valence-electron chi connectivity index (χ0n) is 33.6. The molecule has 0 aromatic heterocycles. The van der Waals surface area contributed by atoms with Crippen molar-refractivity contribution in [1.82, 2.24) is 0 Å². The lowest BCUT2D eigenvalue weighted by atomic mass is 10.0. The van der Waals surface area contributed by atoms with E-state index in [-0.39, 0.29) is 19.4 Å². The van der Waals surface area contributed by atoms with Crippen LogP contribution in [0.25, 0.3) is 0 Å². The Morgan fingerprint density at radius 2 is 1.02 bits per heavy atom. The Balaban J connectivity index is 4.30. The molecule has 0 bridgehead atoms. The molecule has 0 amide bonds. The lowest BCUT2D eigenvalue weighted by molar-refractivity contribution is -0.161. The third-order valence-electron chi connectivity index (χ3n) is 9.22. The Morgan fingerprint density at radius 1 is 0.604 bits per heavy atom. The van der Waals surface area contributed by atoms with Gasteiger partial charge in [0.15, 0.2) is 6.10 Å². The van der Waals surface area contributed by atoms with Gasteiger partial charge in [-0.05, 0) is 51.4 Å². The molecule has 0 aliphatic carbocycles. The molecule has 0 spiro atoms. The fourth-order valence-corrected chi connectivity index (χ4v) is 6.70. The quantitative estimate of drug-likeness (QED) is 0.0237. The van der Waals surface area contributed by atoms with Crippen molar-refractivity contribution in [3.63, 3.8) is 0 Å². The molecule has 0 rings (SSSR count).